The van der Waals surface area contributed by atoms with E-state index in [0.29, 0.717) is 0 Å². The molecule has 0 bridgehead atoms. The van der Waals surface area contributed by atoms with Crippen molar-refractivity contribution in [1.82, 2.24) is 0 Å². The Morgan fingerprint density at radius 2 is 1.87 bits per heavy atom. The molecule has 0 aliphatic heterocycles. The lowest BCUT2D eigenvalue weighted by Gasteiger charge is -2.24. The molecular formula is C13H19BrO. The predicted octanol–water partition coefficient (Wildman–Crippen LogP) is 4.15. The van der Waals surface area contributed by atoms with Crippen LogP contribution in [0, 0.1) is 0 Å². The largest absolute Gasteiger partial charge is 0.490 e. The van der Waals surface area contributed by atoms with E-state index in [0.717, 1.165) is 11.1 Å². The fourth-order valence-corrected chi connectivity index (χ4v) is 1.57. The van der Waals surface area contributed by atoms with Crippen LogP contribution in [0.3, 0.4) is 0 Å². The van der Waals surface area contributed by atoms with Crippen LogP contribution in [0.5, 0.6) is 5.75 Å². The fraction of sp³-hybridized carbons (Fsp3) is 0.538. The number of halogens is 1. The molecule has 1 aromatic rings. The molecule has 0 aliphatic rings. The number of ether oxygens (including phenoxy) is 1. The van der Waals surface area contributed by atoms with Crippen molar-refractivity contribution >= 4 is 15.9 Å². The van der Waals surface area contributed by atoms with Crippen LogP contribution in [0.4, 0.5) is 0 Å². The second kappa shape index (κ2) is 5.02. The molecule has 2 heteroatoms. The molecule has 0 radical (unpaired) electrons. The van der Waals surface area contributed by atoms with E-state index in [1.807, 2.05) is 12.1 Å². The summed E-state index contributed by atoms with van der Waals surface area (Å²) in [4.78, 5) is 0. The van der Waals surface area contributed by atoms with Crippen molar-refractivity contribution < 1.29 is 4.74 Å². The lowest BCUT2D eigenvalue weighted by Crippen LogP contribution is -2.18. The Morgan fingerprint density at radius 1 is 1.27 bits per heavy atom. The molecule has 0 amide bonds. The number of para-hydroxylation sites is 1. The molecular weight excluding hydrogens is 252 g/mol. The molecule has 1 aromatic carbocycles. The molecule has 1 atom stereocenters. The zero-order chi connectivity index (χ0) is 11.5. The van der Waals surface area contributed by atoms with Gasteiger partial charge in [0.2, 0.25) is 0 Å². The highest BCUT2D eigenvalue weighted by atomic mass is 79.9. The van der Waals surface area contributed by atoms with Gasteiger partial charge in [0.25, 0.3) is 0 Å². The Bertz CT molecular complexity index is 315. The van der Waals surface area contributed by atoms with Crippen molar-refractivity contribution in [2.45, 2.75) is 39.2 Å². The Balaban J connectivity index is 2.97. The Hall–Kier alpha value is -0.500. The van der Waals surface area contributed by atoms with Crippen molar-refractivity contribution in [3.8, 4) is 5.75 Å². The Morgan fingerprint density at radius 3 is 2.40 bits per heavy atom. The maximum absolute atomic E-state index is 5.87. The molecule has 1 rings (SSSR count). The number of alkyl halides is 1. The molecule has 0 spiro atoms. The Labute approximate surface area is 101 Å². The van der Waals surface area contributed by atoms with Crippen LogP contribution in [0.25, 0.3) is 0 Å². The van der Waals surface area contributed by atoms with Crippen molar-refractivity contribution in [3.63, 3.8) is 0 Å². The smallest absolute Gasteiger partial charge is 0.123 e. The molecule has 0 fully saturated rings. The standard InChI is InChI=1S/C13H19BrO/c1-10(9-14)15-12-8-6-5-7-11(12)13(2,3)4/h5-8,10H,9H2,1-4H3. The first-order chi connectivity index (χ1) is 6.95. The van der Waals surface area contributed by atoms with E-state index < -0.39 is 0 Å². The van der Waals surface area contributed by atoms with E-state index in [2.05, 4.69) is 55.8 Å². The highest BCUT2D eigenvalue weighted by Crippen LogP contribution is 2.31. The van der Waals surface area contributed by atoms with E-state index >= 15 is 0 Å². The van der Waals surface area contributed by atoms with Gasteiger partial charge < -0.3 is 4.74 Å². The van der Waals surface area contributed by atoms with Crippen LogP contribution in [-0.4, -0.2) is 11.4 Å². The third-order valence-electron chi connectivity index (χ3n) is 2.24. The highest BCUT2D eigenvalue weighted by molar-refractivity contribution is 9.09. The van der Waals surface area contributed by atoms with E-state index in [9.17, 15) is 0 Å². The van der Waals surface area contributed by atoms with Crippen LogP contribution in [0.15, 0.2) is 24.3 Å². The topological polar surface area (TPSA) is 9.23 Å². The summed E-state index contributed by atoms with van der Waals surface area (Å²) in [5, 5.41) is 0.853. The highest BCUT2D eigenvalue weighted by Gasteiger charge is 2.19. The first-order valence-corrected chi connectivity index (χ1v) is 6.39. The van der Waals surface area contributed by atoms with E-state index in [1.54, 1.807) is 0 Å². The molecule has 0 saturated heterocycles. The average molecular weight is 271 g/mol. The van der Waals surface area contributed by atoms with Gasteiger partial charge in [-0.25, -0.2) is 0 Å². The summed E-state index contributed by atoms with van der Waals surface area (Å²) in [6.07, 6.45) is 0.202. The van der Waals surface area contributed by atoms with Gasteiger partial charge in [0.1, 0.15) is 11.9 Å². The third-order valence-corrected chi connectivity index (χ3v) is 3.15. The summed E-state index contributed by atoms with van der Waals surface area (Å²) in [5.74, 6) is 0.997. The SMILES string of the molecule is CC(CBr)Oc1ccccc1C(C)(C)C. The van der Waals surface area contributed by atoms with Crippen molar-refractivity contribution in [3.05, 3.63) is 29.8 Å². The van der Waals surface area contributed by atoms with E-state index in [-0.39, 0.29) is 11.5 Å². The summed E-state index contributed by atoms with van der Waals surface area (Å²) in [6, 6.07) is 8.26. The quantitative estimate of drug-likeness (QED) is 0.750. The number of hydrogen-bond acceptors (Lipinski definition) is 1. The van der Waals surface area contributed by atoms with Crippen LogP contribution in [-0.2, 0) is 5.41 Å². The number of hydrogen-bond donors (Lipinski definition) is 0. The minimum atomic E-state index is 0.128. The number of rotatable bonds is 3. The lowest BCUT2D eigenvalue weighted by molar-refractivity contribution is 0.242. The average Bonchev–Trinajstić information content (AvgIpc) is 2.17. The first kappa shape index (κ1) is 12.6. The van der Waals surface area contributed by atoms with Gasteiger partial charge in [-0.1, -0.05) is 54.9 Å². The van der Waals surface area contributed by atoms with Gasteiger partial charge in [0, 0.05) is 5.33 Å². The number of benzene rings is 1. The summed E-state index contributed by atoms with van der Waals surface area (Å²) < 4.78 is 5.87. The first-order valence-electron chi connectivity index (χ1n) is 5.27. The molecule has 0 aliphatic carbocycles. The van der Waals surface area contributed by atoms with E-state index in [1.165, 1.54) is 5.56 Å². The van der Waals surface area contributed by atoms with Gasteiger partial charge >= 0.3 is 0 Å². The molecule has 1 unspecified atom stereocenters. The molecule has 84 valence electrons. The van der Waals surface area contributed by atoms with Gasteiger partial charge in [-0.2, -0.15) is 0 Å². The van der Waals surface area contributed by atoms with Crippen LogP contribution < -0.4 is 4.74 Å². The summed E-state index contributed by atoms with van der Waals surface area (Å²) in [6.45, 7) is 8.67. The normalized spacial score (nSPS) is 13.7. The zero-order valence-corrected chi connectivity index (χ0v) is 11.5. The lowest BCUT2D eigenvalue weighted by atomic mass is 9.86. The second-order valence-electron chi connectivity index (χ2n) is 4.83. The summed E-state index contributed by atoms with van der Waals surface area (Å²) in [5.41, 5.74) is 1.39. The van der Waals surface area contributed by atoms with Gasteiger partial charge in [-0.05, 0) is 24.0 Å². The van der Waals surface area contributed by atoms with Gasteiger partial charge in [-0.3, -0.25) is 0 Å². The molecule has 0 heterocycles. The monoisotopic (exact) mass is 270 g/mol. The minimum absolute atomic E-state index is 0.128. The van der Waals surface area contributed by atoms with Gasteiger partial charge in [0.05, 0.1) is 0 Å². The van der Waals surface area contributed by atoms with E-state index in [4.69, 9.17) is 4.74 Å². The van der Waals surface area contributed by atoms with Gasteiger partial charge in [-0.15, -0.1) is 0 Å². The van der Waals surface area contributed by atoms with Gasteiger partial charge in [0.15, 0.2) is 0 Å². The third kappa shape index (κ3) is 3.53. The molecule has 0 N–H and O–H groups in total. The molecule has 0 saturated carbocycles. The summed E-state index contributed by atoms with van der Waals surface area (Å²) >= 11 is 3.42. The summed E-state index contributed by atoms with van der Waals surface area (Å²) in [7, 11) is 0. The fourth-order valence-electron chi connectivity index (χ4n) is 1.44. The second-order valence-corrected chi connectivity index (χ2v) is 5.48. The van der Waals surface area contributed by atoms with Crippen molar-refractivity contribution in [2.75, 3.05) is 5.33 Å². The van der Waals surface area contributed by atoms with Crippen LogP contribution >= 0.6 is 15.9 Å². The van der Waals surface area contributed by atoms with Crippen LogP contribution in [0.2, 0.25) is 0 Å². The maximum atomic E-state index is 5.87. The minimum Gasteiger partial charge on any atom is -0.490 e. The molecule has 15 heavy (non-hydrogen) atoms. The van der Waals surface area contributed by atoms with Crippen molar-refractivity contribution in [1.29, 1.82) is 0 Å². The zero-order valence-electron chi connectivity index (χ0n) is 9.88. The van der Waals surface area contributed by atoms with Crippen molar-refractivity contribution in [2.24, 2.45) is 0 Å². The van der Waals surface area contributed by atoms with Crippen LogP contribution in [0.1, 0.15) is 33.3 Å². The molecule has 1 nitrogen and oxygen atoms in total. The molecule has 0 aromatic heterocycles. The Kier molecular flexibility index (Phi) is 4.21. The maximum Gasteiger partial charge on any atom is 0.123 e. The predicted molar refractivity (Wildman–Crippen MR) is 69.0 cm³/mol.